The molecule has 0 radical (unpaired) electrons. The van der Waals surface area contributed by atoms with E-state index in [-0.39, 0.29) is 23.4 Å². The van der Waals surface area contributed by atoms with E-state index in [1.165, 1.54) is 6.07 Å². The third kappa shape index (κ3) is 5.32. The second kappa shape index (κ2) is 9.78. The van der Waals surface area contributed by atoms with Crippen LogP contribution in [-0.4, -0.2) is 53.9 Å². The van der Waals surface area contributed by atoms with Crippen molar-refractivity contribution in [3.05, 3.63) is 69.2 Å². The molecule has 0 spiro atoms. The summed E-state index contributed by atoms with van der Waals surface area (Å²) in [4.78, 5) is 40.3. The van der Waals surface area contributed by atoms with Crippen molar-refractivity contribution in [3.8, 4) is 0 Å². The molecule has 3 rings (SSSR count). The van der Waals surface area contributed by atoms with E-state index in [0.29, 0.717) is 42.5 Å². The van der Waals surface area contributed by atoms with Gasteiger partial charge < -0.3 is 15.1 Å². The van der Waals surface area contributed by atoms with Crippen LogP contribution in [0.1, 0.15) is 24.2 Å². The molecule has 1 fully saturated rings. The van der Waals surface area contributed by atoms with Crippen molar-refractivity contribution < 1.29 is 14.5 Å². The molecule has 9 heteroatoms. The molecule has 2 aromatic carbocycles. The zero-order valence-corrected chi connectivity index (χ0v) is 18.2. The molecule has 1 aliphatic heterocycles. The van der Waals surface area contributed by atoms with Crippen LogP contribution in [0, 0.1) is 16.0 Å². The smallest absolute Gasteiger partial charge is 0.292 e. The number of carbonyl (C=O) groups is 2. The largest absolute Gasteiger partial charge is 0.362 e. The highest BCUT2D eigenvalue weighted by atomic mass is 35.5. The lowest BCUT2D eigenvalue weighted by Gasteiger charge is -2.38. The average molecular weight is 445 g/mol. The lowest BCUT2D eigenvalue weighted by atomic mass is 10.0. The molecule has 0 aliphatic carbocycles. The number of para-hydroxylation sites is 2. The van der Waals surface area contributed by atoms with Gasteiger partial charge >= 0.3 is 0 Å². The summed E-state index contributed by atoms with van der Waals surface area (Å²) in [5, 5.41) is 14.7. The molecular weight excluding hydrogens is 420 g/mol. The molecule has 1 aliphatic rings. The van der Waals surface area contributed by atoms with Crippen molar-refractivity contribution in [3.63, 3.8) is 0 Å². The average Bonchev–Trinajstić information content (AvgIpc) is 2.77. The molecule has 1 atom stereocenters. The number of rotatable bonds is 6. The van der Waals surface area contributed by atoms with Gasteiger partial charge in [-0.2, -0.15) is 0 Å². The molecule has 1 saturated heterocycles. The van der Waals surface area contributed by atoms with Crippen LogP contribution < -0.4 is 10.2 Å². The second-order valence-electron chi connectivity index (χ2n) is 7.76. The van der Waals surface area contributed by atoms with Gasteiger partial charge in [0.1, 0.15) is 11.7 Å². The lowest BCUT2D eigenvalue weighted by molar-refractivity contribution is -0.384. The van der Waals surface area contributed by atoms with Crippen molar-refractivity contribution in [2.45, 2.75) is 19.9 Å². The number of nitro groups is 1. The Morgan fingerprint density at radius 3 is 2.23 bits per heavy atom. The summed E-state index contributed by atoms with van der Waals surface area (Å²) in [6.45, 7) is 5.57. The first-order valence-corrected chi connectivity index (χ1v) is 10.5. The minimum atomic E-state index is -0.666. The Labute approximate surface area is 185 Å². The Morgan fingerprint density at radius 1 is 1.03 bits per heavy atom. The number of piperazine rings is 1. The van der Waals surface area contributed by atoms with Crippen LogP contribution in [0.4, 0.5) is 11.4 Å². The standard InChI is InChI=1S/C22H25ClN4O4/c1-15(2)20(24-21(28)16-7-9-17(23)10-8-16)22(29)26-13-11-25(12-14-26)18-5-3-4-6-19(18)27(30)31/h3-10,15,20H,11-14H2,1-2H3,(H,24,28). The number of hydrogen-bond acceptors (Lipinski definition) is 5. The van der Waals surface area contributed by atoms with Gasteiger partial charge in [-0.05, 0) is 36.2 Å². The van der Waals surface area contributed by atoms with E-state index in [1.54, 1.807) is 47.4 Å². The fraction of sp³-hybridized carbons (Fsp3) is 0.364. The maximum Gasteiger partial charge on any atom is 0.292 e. The van der Waals surface area contributed by atoms with Crippen LogP contribution in [0.3, 0.4) is 0 Å². The monoisotopic (exact) mass is 444 g/mol. The van der Waals surface area contributed by atoms with Crippen LogP contribution in [0.5, 0.6) is 0 Å². The van der Waals surface area contributed by atoms with Crippen LogP contribution in [0.2, 0.25) is 5.02 Å². The maximum absolute atomic E-state index is 13.1. The van der Waals surface area contributed by atoms with Crippen LogP contribution in [0.15, 0.2) is 48.5 Å². The molecule has 8 nitrogen and oxygen atoms in total. The van der Waals surface area contributed by atoms with Gasteiger partial charge in [0, 0.05) is 42.8 Å². The molecule has 1 unspecified atom stereocenters. The maximum atomic E-state index is 13.1. The Morgan fingerprint density at radius 2 is 1.65 bits per heavy atom. The SMILES string of the molecule is CC(C)C(NC(=O)c1ccc(Cl)cc1)C(=O)N1CCN(c2ccccc2[N+](=O)[O-])CC1. The highest BCUT2D eigenvalue weighted by molar-refractivity contribution is 6.30. The van der Waals surface area contributed by atoms with Gasteiger partial charge in [0.15, 0.2) is 0 Å². The third-order valence-electron chi connectivity index (χ3n) is 5.34. The van der Waals surface area contributed by atoms with Crippen molar-refractivity contribution in [2.24, 2.45) is 5.92 Å². The van der Waals surface area contributed by atoms with E-state index in [0.717, 1.165) is 0 Å². The summed E-state index contributed by atoms with van der Waals surface area (Å²) in [5.41, 5.74) is 1.04. The quantitative estimate of drug-likeness (QED) is 0.544. The highest BCUT2D eigenvalue weighted by Gasteiger charge is 2.32. The fourth-order valence-corrected chi connectivity index (χ4v) is 3.72. The normalized spacial score (nSPS) is 15.0. The Hall–Kier alpha value is -3.13. The molecule has 2 amide bonds. The first-order chi connectivity index (χ1) is 14.8. The number of hydrogen-bond donors (Lipinski definition) is 1. The first-order valence-electron chi connectivity index (χ1n) is 10.1. The number of nitro benzene ring substituents is 1. The van der Waals surface area contributed by atoms with Crippen molar-refractivity contribution in [2.75, 3.05) is 31.1 Å². The Kier molecular flexibility index (Phi) is 7.12. The summed E-state index contributed by atoms with van der Waals surface area (Å²) in [7, 11) is 0. The van der Waals surface area contributed by atoms with Crippen LogP contribution in [-0.2, 0) is 4.79 Å². The van der Waals surface area contributed by atoms with E-state index in [4.69, 9.17) is 11.6 Å². The van der Waals surface area contributed by atoms with Gasteiger partial charge in [0.25, 0.3) is 11.6 Å². The number of nitrogens with one attached hydrogen (secondary N) is 1. The Balaban J connectivity index is 1.66. The minimum Gasteiger partial charge on any atom is -0.362 e. The molecule has 31 heavy (non-hydrogen) atoms. The molecule has 0 bridgehead atoms. The summed E-state index contributed by atoms with van der Waals surface area (Å²) in [6.07, 6.45) is 0. The molecule has 0 saturated carbocycles. The van der Waals surface area contributed by atoms with Gasteiger partial charge in [0.05, 0.1) is 4.92 Å². The molecule has 1 heterocycles. The molecule has 0 aromatic heterocycles. The molecular formula is C22H25ClN4O4. The third-order valence-corrected chi connectivity index (χ3v) is 5.59. The van der Waals surface area contributed by atoms with Crippen molar-refractivity contribution in [1.82, 2.24) is 10.2 Å². The van der Waals surface area contributed by atoms with Crippen molar-refractivity contribution >= 4 is 34.8 Å². The number of halogens is 1. The summed E-state index contributed by atoms with van der Waals surface area (Å²) >= 11 is 5.87. The van der Waals surface area contributed by atoms with Crippen LogP contribution in [0.25, 0.3) is 0 Å². The van der Waals surface area contributed by atoms with Gasteiger partial charge in [-0.25, -0.2) is 0 Å². The van der Waals surface area contributed by atoms with Crippen molar-refractivity contribution in [1.29, 1.82) is 0 Å². The fourth-order valence-electron chi connectivity index (χ4n) is 3.59. The first kappa shape index (κ1) is 22.6. The molecule has 164 valence electrons. The van der Waals surface area contributed by atoms with E-state index in [2.05, 4.69) is 5.32 Å². The van der Waals surface area contributed by atoms with E-state index in [1.807, 2.05) is 18.7 Å². The predicted molar refractivity (Wildman–Crippen MR) is 119 cm³/mol. The highest BCUT2D eigenvalue weighted by Crippen LogP contribution is 2.28. The van der Waals surface area contributed by atoms with E-state index in [9.17, 15) is 19.7 Å². The Bertz CT molecular complexity index is 956. The van der Waals surface area contributed by atoms with Crippen LogP contribution >= 0.6 is 11.6 Å². The molecule has 1 N–H and O–H groups in total. The van der Waals surface area contributed by atoms with E-state index >= 15 is 0 Å². The summed E-state index contributed by atoms with van der Waals surface area (Å²) in [6, 6.07) is 12.4. The number of carbonyl (C=O) groups excluding carboxylic acids is 2. The number of nitrogens with zero attached hydrogens (tertiary/aromatic N) is 3. The summed E-state index contributed by atoms with van der Waals surface area (Å²) in [5.74, 6) is -0.584. The number of benzene rings is 2. The minimum absolute atomic E-state index is 0.0533. The number of amides is 2. The predicted octanol–water partition coefficient (Wildman–Crippen LogP) is 3.35. The zero-order chi connectivity index (χ0) is 22.5. The topological polar surface area (TPSA) is 95.8 Å². The number of anilines is 1. The van der Waals surface area contributed by atoms with Gasteiger partial charge in [-0.1, -0.05) is 37.6 Å². The van der Waals surface area contributed by atoms with Gasteiger partial charge in [-0.3, -0.25) is 19.7 Å². The molecule has 2 aromatic rings. The van der Waals surface area contributed by atoms with Gasteiger partial charge in [0.2, 0.25) is 5.91 Å². The lowest BCUT2D eigenvalue weighted by Crippen LogP contribution is -2.56. The van der Waals surface area contributed by atoms with E-state index < -0.39 is 11.0 Å². The zero-order valence-electron chi connectivity index (χ0n) is 17.5. The summed E-state index contributed by atoms with van der Waals surface area (Å²) < 4.78 is 0. The second-order valence-corrected chi connectivity index (χ2v) is 8.20. The van der Waals surface area contributed by atoms with Gasteiger partial charge in [-0.15, -0.1) is 0 Å².